The van der Waals surface area contributed by atoms with Gasteiger partial charge < -0.3 is 10.3 Å². The van der Waals surface area contributed by atoms with E-state index >= 15 is 0 Å². The van der Waals surface area contributed by atoms with Crippen LogP contribution in [-0.4, -0.2) is 10.4 Å². The van der Waals surface area contributed by atoms with Crippen molar-refractivity contribution in [3.63, 3.8) is 0 Å². The van der Waals surface area contributed by atoms with Gasteiger partial charge in [-0.2, -0.15) is 0 Å². The minimum absolute atomic E-state index is 0.445. The van der Waals surface area contributed by atoms with Gasteiger partial charge in [0.15, 0.2) is 0 Å². The van der Waals surface area contributed by atoms with Crippen LogP contribution in [0.3, 0.4) is 0 Å². The lowest BCUT2D eigenvalue weighted by Crippen LogP contribution is -2.14. The van der Waals surface area contributed by atoms with Gasteiger partial charge in [0.25, 0.3) is 0 Å². The Morgan fingerprint density at radius 2 is 2.29 bits per heavy atom. The van der Waals surface area contributed by atoms with E-state index in [0.29, 0.717) is 11.9 Å². The van der Waals surface area contributed by atoms with Crippen LogP contribution in [0.5, 0.6) is 0 Å². The van der Waals surface area contributed by atoms with E-state index in [-0.39, 0.29) is 0 Å². The van der Waals surface area contributed by atoms with Crippen LogP contribution >= 0.6 is 0 Å². The highest BCUT2D eigenvalue weighted by atomic mass is 15.0. The van der Waals surface area contributed by atoms with Crippen molar-refractivity contribution in [3.05, 3.63) is 36.3 Å². The Balaban J connectivity index is 3.13. The second-order valence-corrected chi connectivity index (χ2v) is 3.51. The van der Waals surface area contributed by atoms with E-state index in [4.69, 9.17) is 5.73 Å². The zero-order chi connectivity index (χ0) is 10.7. The number of aliphatic imine (C=N–C) groups is 1. The molecule has 0 saturated carbocycles. The Kier molecular flexibility index (Phi) is 3.12. The smallest absolute Gasteiger partial charge is 0.132 e. The third-order valence-electron chi connectivity index (χ3n) is 2.24. The zero-order valence-corrected chi connectivity index (χ0v) is 8.99. The third kappa shape index (κ3) is 1.87. The molecule has 0 aliphatic carbocycles. The first-order chi connectivity index (χ1) is 6.57. The Morgan fingerprint density at radius 1 is 1.64 bits per heavy atom. The van der Waals surface area contributed by atoms with E-state index < -0.39 is 0 Å². The van der Waals surface area contributed by atoms with E-state index in [9.17, 15) is 0 Å². The molecule has 3 heteroatoms. The molecule has 76 valence electrons. The highest BCUT2D eigenvalue weighted by Crippen LogP contribution is 2.15. The lowest BCUT2D eigenvalue weighted by atomic mass is 10.2. The number of hydrogen-bond donors (Lipinski definition) is 1. The predicted molar refractivity (Wildman–Crippen MR) is 60.5 cm³/mol. The second-order valence-electron chi connectivity index (χ2n) is 3.51. The van der Waals surface area contributed by atoms with Gasteiger partial charge in [0.1, 0.15) is 5.84 Å². The number of hydrogen-bond acceptors (Lipinski definition) is 1. The monoisotopic (exact) mass is 191 g/mol. The zero-order valence-electron chi connectivity index (χ0n) is 8.99. The lowest BCUT2D eigenvalue weighted by molar-refractivity contribution is 0.589. The number of aromatic nitrogens is 1. The van der Waals surface area contributed by atoms with Crippen molar-refractivity contribution in [1.29, 1.82) is 0 Å². The molecule has 3 nitrogen and oxygen atoms in total. The fourth-order valence-electron chi connectivity index (χ4n) is 1.52. The molecule has 0 aliphatic rings. The summed E-state index contributed by atoms with van der Waals surface area (Å²) in [5.74, 6) is 0.525. The van der Waals surface area contributed by atoms with Gasteiger partial charge in [0.05, 0.1) is 0 Å². The second kappa shape index (κ2) is 4.13. The normalized spacial score (nSPS) is 12.1. The summed E-state index contributed by atoms with van der Waals surface area (Å²) in [6, 6.07) is 2.43. The average Bonchev–Trinajstić information content (AvgIpc) is 2.47. The van der Waals surface area contributed by atoms with Crippen molar-refractivity contribution in [2.45, 2.75) is 26.8 Å². The van der Waals surface area contributed by atoms with Crippen molar-refractivity contribution in [1.82, 2.24) is 4.57 Å². The first-order valence-corrected chi connectivity index (χ1v) is 4.70. The molecule has 0 bridgehead atoms. The Labute approximate surface area is 85.0 Å². The van der Waals surface area contributed by atoms with E-state index in [2.05, 4.69) is 30.0 Å². The van der Waals surface area contributed by atoms with Crippen LogP contribution in [0, 0.1) is 6.92 Å². The minimum Gasteiger partial charge on any atom is -0.383 e. The van der Waals surface area contributed by atoms with Gasteiger partial charge in [-0.05, 0) is 26.8 Å². The van der Waals surface area contributed by atoms with Crippen molar-refractivity contribution in [2.75, 3.05) is 0 Å². The van der Waals surface area contributed by atoms with Gasteiger partial charge in [-0.3, -0.25) is 0 Å². The fraction of sp³-hybridized carbons (Fsp3) is 0.364. The molecule has 0 fully saturated rings. The molecular formula is C11H17N3. The first kappa shape index (κ1) is 10.6. The lowest BCUT2D eigenvalue weighted by Gasteiger charge is -2.10. The Hall–Kier alpha value is -1.51. The molecule has 0 aromatic carbocycles. The summed E-state index contributed by atoms with van der Waals surface area (Å²) >= 11 is 0. The highest BCUT2D eigenvalue weighted by Gasteiger charge is 2.09. The quantitative estimate of drug-likeness (QED) is 0.578. The Morgan fingerprint density at radius 3 is 2.71 bits per heavy atom. The van der Waals surface area contributed by atoms with Crippen LogP contribution < -0.4 is 5.73 Å². The summed E-state index contributed by atoms with van der Waals surface area (Å²) in [5, 5.41) is 0. The van der Waals surface area contributed by atoms with Crippen molar-refractivity contribution in [3.8, 4) is 0 Å². The van der Waals surface area contributed by atoms with Crippen molar-refractivity contribution in [2.24, 2.45) is 10.7 Å². The number of rotatable bonds is 3. The summed E-state index contributed by atoms with van der Waals surface area (Å²) in [4.78, 5) is 3.97. The largest absolute Gasteiger partial charge is 0.383 e. The SMILES string of the molecule is C=CN=C(N)c1ccn(C(C)C)c1C. The molecule has 1 aromatic heterocycles. The number of amidine groups is 1. The first-order valence-electron chi connectivity index (χ1n) is 4.70. The van der Waals surface area contributed by atoms with E-state index in [1.807, 2.05) is 19.2 Å². The molecule has 0 spiro atoms. The van der Waals surface area contributed by atoms with Gasteiger partial charge in [-0.25, -0.2) is 4.99 Å². The van der Waals surface area contributed by atoms with Crippen molar-refractivity contribution >= 4 is 5.84 Å². The molecule has 0 atom stereocenters. The molecule has 14 heavy (non-hydrogen) atoms. The maximum atomic E-state index is 5.79. The average molecular weight is 191 g/mol. The highest BCUT2D eigenvalue weighted by molar-refractivity contribution is 5.98. The van der Waals surface area contributed by atoms with Crippen LogP contribution in [0.25, 0.3) is 0 Å². The van der Waals surface area contributed by atoms with Crippen molar-refractivity contribution < 1.29 is 0 Å². The third-order valence-corrected chi connectivity index (χ3v) is 2.24. The molecular weight excluding hydrogens is 174 g/mol. The van der Waals surface area contributed by atoms with Crippen LogP contribution in [-0.2, 0) is 0 Å². The van der Waals surface area contributed by atoms with Gasteiger partial charge >= 0.3 is 0 Å². The molecule has 1 heterocycles. The van der Waals surface area contributed by atoms with Crippen LogP contribution in [0.2, 0.25) is 0 Å². The van der Waals surface area contributed by atoms with E-state index in [0.717, 1.165) is 11.3 Å². The molecule has 1 rings (SSSR count). The standard InChI is InChI=1S/C11H17N3/c1-5-13-11(12)10-6-7-14(8(2)3)9(10)4/h5-8H,1H2,2-4H3,(H2,12,13). The van der Waals surface area contributed by atoms with Gasteiger partial charge in [-0.1, -0.05) is 6.58 Å². The van der Waals surface area contributed by atoms with E-state index in [1.165, 1.54) is 6.20 Å². The molecule has 0 radical (unpaired) electrons. The van der Waals surface area contributed by atoms with E-state index in [1.54, 1.807) is 0 Å². The summed E-state index contributed by atoms with van der Waals surface area (Å²) in [6.07, 6.45) is 3.49. The topological polar surface area (TPSA) is 43.3 Å². The molecule has 2 N–H and O–H groups in total. The van der Waals surface area contributed by atoms with Crippen LogP contribution in [0.1, 0.15) is 31.1 Å². The summed E-state index contributed by atoms with van der Waals surface area (Å²) in [5.41, 5.74) is 7.91. The molecule has 0 saturated heterocycles. The Bertz CT molecular complexity index is 359. The molecule has 0 aliphatic heterocycles. The number of nitrogens with two attached hydrogens (primary N) is 1. The molecule has 1 aromatic rings. The summed E-state index contributed by atoms with van der Waals surface area (Å²) < 4.78 is 2.17. The fourth-order valence-corrected chi connectivity index (χ4v) is 1.52. The maximum absolute atomic E-state index is 5.79. The summed E-state index contributed by atoms with van der Waals surface area (Å²) in [6.45, 7) is 9.84. The molecule has 0 unspecified atom stereocenters. The van der Waals surface area contributed by atoms with Crippen LogP contribution in [0.15, 0.2) is 30.0 Å². The van der Waals surface area contributed by atoms with Gasteiger partial charge in [0.2, 0.25) is 0 Å². The van der Waals surface area contributed by atoms with Crippen LogP contribution in [0.4, 0.5) is 0 Å². The maximum Gasteiger partial charge on any atom is 0.132 e. The summed E-state index contributed by atoms with van der Waals surface area (Å²) in [7, 11) is 0. The van der Waals surface area contributed by atoms with Gasteiger partial charge in [0, 0.05) is 29.7 Å². The van der Waals surface area contributed by atoms with Gasteiger partial charge in [-0.15, -0.1) is 0 Å². The predicted octanol–water partition coefficient (Wildman–Crippen LogP) is 2.23. The minimum atomic E-state index is 0.445. The number of nitrogens with zero attached hydrogens (tertiary/aromatic N) is 2. The molecule has 0 amide bonds.